The van der Waals surface area contributed by atoms with E-state index in [2.05, 4.69) is 20.6 Å². The zero-order valence-electron chi connectivity index (χ0n) is 13.6. The Hall–Kier alpha value is -0.850. The van der Waals surface area contributed by atoms with Crippen LogP contribution >= 0.6 is 24.0 Å². The number of hydrogen-bond acceptors (Lipinski definition) is 2. The predicted octanol–water partition coefficient (Wildman–Crippen LogP) is 3.73. The van der Waals surface area contributed by atoms with Gasteiger partial charge in [0.25, 0.3) is 0 Å². The molecular weight excluding hydrogens is 387 g/mol. The first-order valence-electron chi connectivity index (χ1n) is 8.23. The number of guanidine groups is 1. The maximum atomic E-state index is 4.29. The molecule has 1 aliphatic carbocycles. The van der Waals surface area contributed by atoms with E-state index in [0.29, 0.717) is 6.54 Å². The largest absolute Gasteiger partial charge is 0.356 e. The molecule has 1 heterocycles. The summed E-state index contributed by atoms with van der Waals surface area (Å²) in [4.78, 5) is 8.54. The van der Waals surface area contributed by atoms with Crippen LogP contribution in [0.3, 0.4) is 0 Å². The highest BCUT2D eigenvalue weighted by Crippen LogP contribution is 2.28. The smallest absolute Gasteiger partial charge is 0.191 e. The number of unbranched alkanes of at least 4 members (excludes halogenated alkanes) is 1. The summed E-state index contributed by atoms with van der Waals surface area (Å²) in [6.45, 7) is 1.71. The monoisotopic (exact) mass is 416 g/mol. The van der Waals surface area contributed by atoms with E-state index in [1.54, 1.807) is 0 Å². The molecular formula is C17H29IN4. The van der Waals surface area contributed by atoms with Crippen LogP contribution in [0.1, 0.15) is 50.6 Å². The fraction of sp³-hybridized carbons (Fsp3) is 0.647. The zero-order chi connectivity index (χ0) is 14.8. The molecule has 2 rings (SSSR count). The number of pyridine rings is 1. The average molecular weight is 416 g/mol. The van der Waals surface area contributed by atoms with Crippen LogP contribution in [-0.4, -0.2) is 24.5 Å². The zero-order valence-corrected chi connectivity index (χ0v) is 15.9. The third-order valence-corrected chi connectivity index (χ3v) is 4.19. The molecule has 0 spiro atoms. The van der Waals surface area contributed by atoms with Crippen LogP contribution in [0.15, 0.2) is 29.4 Å². The fourth-order valence-electron chi connectivity index (χ4n) is 2.96. The Bertz CT molecular complexity index is 416. The summed E-state index contributed by atoms with van der Waals surface area (Å²) >= 11 is 0. The van der Waals surface area contributed by atoms with Crippen molar-refractivity contribution >= 4 is 29.9 Å². The first-order chi connectivity index (χ1) is 10.4. The minimum atomic E-state index is 0. The molecule has 0 atom stereocenters. The number of aromatic nitrogens is 1. The van der Waals surface area contributed by atoms with Gasteiger partial charge >= 0.3 is 0 Å². The highest BCUT2D eigenvalue weighted by Gasteiger charge is 2.13. The van der Waals surface area contributed by atoms with Crippen molar-refractivity contribution in [2.24, 2.45) is 10.9 Å². The average Bonchev–Trinajstić information content (AvgIpc) is 3.04. The van der Waals surface area contributed by atoms with E-state index in [4.69, 9.17) is 0 Å². The third-order valence-electron chi connectivity index (χ3n) is 4.19. The lowest BCUT2D eigenvalue weighted by Gasteiger charge is -2.12. The third kappa shape index (κ3) is 7.42. The van der Waals surface area contributed by atoms with Gasteiger partial charge in [-0.25, -0.2) is 0 Å². The lowest BCUT2D eigenvalue weighted by molar-refractivity contribution is 0.472. The number of nitrogens with one attached hydrogen (secondary N) is 2. The van der Waals surface area contributed by atoms with E-state index in [9.17, 15) is 0 Å². The molecule has 0 bridgehead atoms. The topological polar surface area (TPSA) is 49.3 Å². The van der Waals surface area contributed by atoms with E-state index < -0.39 is 0 Å². The molecule has 1 aromatic rings. The molecule has 2 N–H and O–H groups in total. The van der Waals surface area contributed by atoms with Crippen molar-refractivity contribution in [2.45, 2.75) is 51.5 Å². The van der Waals surface area contributed by atoms with Crippen LogP contribution in [-0.2, 0) is 6.54 Å². The molecule has 1 aromatic heterocycles. The summed E-state index contributed by atoms with van der Waals surface area (Å²) < 4.78 is 0. The van der Waals surface area contributed by atoms with Gasteiger partial charge in [-0.3, -0.25) is 9.98 Å². The van der Waals surface area contributed by atoms with Gasteiger partial charge in [0.2, 0.25) is 0 Å². The highest BCUT2D eigenvalue weighted by molar-refractivity contribution is 14.0. The van der Waals surface area contributed by atoms with Crippen LogP contribution in [0.5, 0.6) is 0 Å². The Morgan fingerprint density at radius 3 is 2.73 bits per heavy atom. The minimum absolute atomic E-state index is 0. The lowest BCUT2D eigenvalue weighted by Crippen LogP contribution is -2.37. The van der Waals surface area contributed by atoms with Gasteiger partial charge in [0.15, 0.2) is 5.96 Å². The molecule has 0 saturated heterocycles. The van der Waals surface area contributed by atoms with Crippen LogP contribution in [0.4, 0.5) is 0 Å². The van der Waals surface area contributed by atoms with E-state index in [1.165, 1.54) is 44.9 Å². The quantitative estimate of drug-likeness (QED) is 0.308. The Labute approximate surface area is 151 Å². The summed E-state index contributed by atoms with van der Waals surface area (Å²) in [5.74, 6) is 1.87. The molecule has 1 saturated carbocycles. The lowest BCUT2D eigenvalue weighted by atomic mass is 10.0. The maximum absolute atomic E-state index is 4.29. The molecule has 0 radical (unpaired) electrons. The molecule has 124 valence electrons. The van der Waals surface area contributed by atoms with Crippen molar-refractivity contribution in [3.8, 4) is 0 Å². The maximum Gasteiger partial charge on any atom is 0.191 e. The second-order valence-electron chi connectivity index (χ2n) is 5.82. The minimum Gasteiger partial charge on any atom is -0.356 e. The van der Waals surface area contributed by atoms with Crippen molar-refractivity contribution in [1.82, 2.24) is 15.6 Å². The second kappa shape index (κ2) is 11.7. The molecule has 0 unspecified atom stereocenters. The van der Waals surface area contributed by atoms with E-state index in [1.807, 2.05) is 31.4 Å². The molecule has 22 heavy (non-hydrogen) atoms. The van der Waals surface area contributed by atoms with Crippen LogP contribution in [0, 0.1) is 5.92 Å². The van der Waals surface area contributed by atoms with Crippen LogP contribution in [0.25, 0.3) is 0 Å². The number of aliphatic imine (C=N–C) groups is 1. The summed E-state index contributed by atoms with van der Waals surface area (Å²) in [5.41, 5.74) is 1.03. The molecule has 0 aromatic carbocycles. The van der Waals surface area contributed by atoms with Crippen molar-refractivity contribution < 1.29 is 0 Å². The van der Waals surface area contributed by atoms with Crippen molar-refractivity contribution in [2.75, 3.05) is 13.6 Å². The molecule has 0 aliphatic heterocycles. The normalized spacial score (nSPS) is 15.4. The van der Waals surface area contributed by atoms with Crippen molar-refractivity contribution in [3.05, 3.63) is 30.1 Å². The Morgan fingerprint density at radius 2 is 2.05 bits per heavy atom. The molecule has 4 nitrogen and oxygen atoms in total. The van der Waals surface area contributed by atoms with Crippen LogP contribution in [0.2, 0.25) is 0 Å². The Kier molecular flexibility index (Phi) is 10.2. The van der Waals surface area contributed by atoms with Gasteiger partial charge in [0.1, 0.15) is 0 Å². The molecule has 1 fully saturated rings. The first-order valence-corrected chi connectivity index (χ1v) is 8.23. The number of halogens is 1. The fourth-order valence-corrected chi connectivity index (χ4v) is 2.96. The van der Waals surface area contributed by atoms with E-state index >= 15 is 0 Å². The first kappa shape index (κ1) is 19.2. The van der Waals surface area contributed by atoms with Gasteiger partial charge < -0.3 is 10.6 Å². The van der Waals surface area contributed by atoms with E-state index in [0.717, 1.165) is 24.1 Å². The number of nitrogens with zero attached hydrogens (tertiary/aromatic N) is 2. The second-order valence-corrected chi connectivity index (χ2v) is 5.82. The Morgan fingerprint density at radius 1 is 1.23 bits per heavy atom. The summed E-state index contributed by atoms with van der Waals surface area (Å²) in [6, 6.07) is 5.95. The van der Waals surface area contributed by atoms with Gasteiger partial charge in [-0.05, 0) is 24.5 Å². The van der Waals surface area contributed by atoms with Gasteiger partial charge in [0, 0.05) is 19.8 Å². The van der Waals surface area contributed by atoms with Crippen molar-refractivity contribution in [1.29, 1.82) is 0 Å². The van der Waals surface area contributed by atoms with Crippen LogP contribution < -0.4 is 10.6 Å². The SMILES string of the molecule is CN=C(NCCCCC1CCCC1)NCc1ccccn1.I. The number of hydrogen-bond donors (Lipinski definition) is 2. The Balaban J connectivity index is 0.00000242. The summed E-state index contributed by atoms with van der Waals surface area (Å²) in [6.07, 6.45) is 11.6. The molecule has 1 aliphatic rings. The predicted molar refractivity (Wildman–Crippen MR) is 104 cm³/mol. The van der Waals surface area contributed by atoms with E-state index in [-0.39, 0.29) is 24.0 Å². The standard InChI is InChI=1S/C17H28N4.HI/c1-18-17(21-14-16-11-5-7-12-19-16)20-13-6-4-10-15-8-2-3-9-15;/h5,7,11-12,15H,2-4,6,8-10,13-14H2,1H3,(H2,18,20,21);1H. The highest BCUT2D eigenvalue weighted by atomic mass is 127. The van der Waals surface area contributed by atoms with Gasteiger partial charge in [-0.2, -0.15) is 0 Å². The van der Waals surface area contributed by atoms with Gasteiger partial charge in [-0.1, -0.05) is 44.6 Å². The van der Waals surface area contributed by atoms with Gasteiger partial charge in [0.05, 0.1) is 12.2 Å². The van der Waals surface area contributed by atoms with Gasteiger partial charge in [-0.15, -0.1) is 24.0 Å². The van der Waals surface area contributed by atoms with Crippen molar-refractivity contribution in [3.63, 3.8) is 0 Å². The number of rotatable bonds is 7. The summed E-state index contributed by atoms with van der Waals surface area (Å²) in [5, 5.41) is 6.67. The summed E-state index contributed by atoms with van der Waals surface area (Å²) in [7, 11) is 1.81. The molecule has 0 amide bonds. The molecule has 5 heteroatoms.